The first-order chi connectivity index (χ1) is 13.1. The molecular formula is C22H17FN2O2. The van der Waals surface area contributed by atoms with Gasteiger partial charge in [-0.25, -0.2) is 4.39 Å². The summed E-state index contributed by atoms with van der Waals surface area (Å²) in [6, 6.07) is 23.4. The molecule has 0 spiro atoms. The van der Waals surface area contributed by atoms with Crippen LogP contribution in [0.2, 0.25) is 0 Å². The molecule has 2 amide bonds. The number of carbonyl (C=O) groups excluding carboxylic acids is 2. The molecule has 3 rings (SSSR count). The molecule has 0 aliphatic heterocycles. The number of hydrogen-bond donors (Lipinski definition) is 2. The Morgan fingerprint density at radius 1 is 0.667 bits per heavy atom. The van der Waals surface area contributed by atoms with Crippen LogP contribution in [0.5, 0.6) is 0 Å². The van der Waals surface area contributed by atoms with E-state index in [1.165, 1.54) is 18.2 Å². The summed E-state index contributed by atoms with van der Waals surface area (Å²) in [5.41, 5.74) is 1.02. The quantitative estimate of drug-likeness (QED) is 0.400. The van der Waals surface area contributed by atoms with Crippen molar-refractivity contribution in [3.63, 3.8) is 0 Å². The second kappa shape index (κ2) is 8.58. The number of rotatable bonds is 5. The molecule has 0 saturated carbocycles. The van der Waals surface area contributed by atoms with Gasteiger partial charge in [-0.1, -0.05) is 54.6 Å². The molecule has 0 aliphatic carbocycles. The maximum absolute atomic E-state index is 14.0. The zero-order valence-electron chi connectivity index (χ0n) is 14.4. The van der Waals surface area contributed by atoms with Crippen molar-refractivity contribution in [2.75, 3.05) is 10.6 Å². The molecular weight excluding hydrogens is 343 g/mol. The van der Waals surface area contributed by atoms with E-state index in [1.54, 1.807) is 60.7 Å². The summed E-state index contributed by atoms with van der Waals surface area (Å²) in [4.78, 5) is 25.4. The summed E-state index contributed by atoms with van der Waals surface area (Å²) >= 11 is 0. The Hall–Kier alpha value is -3.73. The molecule has 0 heterocycles. The minimum Gasteiger partial charge on any atom is -0.322 e. The molecule has 134 valence electrons. The van der Waals surface area contributed by atoms with Crippen LogP contribution in [0.15, 0.2) is 90.5 Å². The SMILES string of the molecule is O=C(Nc1ccccc1)C(=Cc1ccccc1F)C(=O)Nc1ccccc1. The minimum atomic E-state index is -0.627. The molecule has 3 aromatic rings. The summed E-state index contributed by atoms with van der Waals surface area (Å²) in [6.45, 7) is 0. The molecule has 5 heteroatoms. The van der Waals surface area contributed by atoms with Gasteiger partial charge in [0.1, 0.15) is 11.4 Å². The number of para-hydroxylation sites is 2. The number of hydrogen-bond acceptors (Lipinski definition) is 2. The summed E-state index contributed by atoms with van der Waals surface area (Å²) in [5.74, 6) is -1.77. The smallest absolute Gasteiger partial charge is 0.261 e. The standard InChI is InChI=1S/C22H17FN2O2/c23-20-14-8-7-9-16(20)15-19(21(26)24-17-10-3-1-4-11-17)22(27)25-18-12-5-2-6-13-18/h1-15H,(H,24,26)(H,25,27). The van der Waals surface area contributed by atoms with Crippen molar-refractivity contribution in [2.45, 2.75) is 0 Å². The average Bonchev–Trinajstić information content (AvgIpc) is 2.68. The fourth-order valence-electron chi connectivity index (χ4n) is 2.42. The maximum Gasteiger partial charge on any atom is 0.261 e. The predicted octanol–water partition coefficient (Wildman–Crippen LogP) is 4.49. The first kappa shape index (κ1) is 18.1. The summed E-state index contributed by atoms with van der Waals surface area (Å²) in [6.07, 6.45) is 1.24. The van der Waals surface area contributed by atoms with E-state index in [0.717, 1.165) is 0 Å². The van der Waals surface area contributed by atoms with Crippen LogP contribution in [0.1, 0.15) is 5.56 Å². The van der Waals surface area contributed by atoms with Gasteiger partial charge in [-0.2, -0.15) is 0 Å². The second-order valence-corrected chi connectivity index (χ2v) is 5.72. The molecule has 0 bridgehead atoms. The van der Waals surface area contributed by atoms with Gasteiger partial charge in [-0.05, 0) is 36.4 Å². The first-order valence-corrected chi connectivity index (χ1v) is 8.32. The van der Waals surface area contributed by atoms with Crippen LogP contribution in [0.3, 0.4) is 0 Å². The van der Waals surface area contributed by atoms with Crippen molar-refractivity contribution in [3.8, 4) is 0 Å². The van der Waals surface area contributed by atoms with Gasteiger partial charge in [0.05, 0.1) is 0 Å². The fourth-order valence-corrected chi connectivity index (χ4v) is 2.42. The third kappa shape index (κ3) is 4.89. The van der Waals surface area contributed by atoms with Crippen LogP contribution in [-0.4, -0.2) is 11.8 Å². The lowest BCUT2D eigenvalue weighted by atomic mass is 10.1. The maximum atomic E-state index is 14.0. The van der Waals surface area contributed by atoms with E-state index >= 15 is 0 Å². The molecule has 0 saturated heterocycles. The number of amides is 2. The Labute approximate surface area is 156 Å². The topological polar surface area (TPSA) is 58.2 Å². The minimum absolute atomic E-state index is 0.152. The summed E-state index contributed by atoms with van der Waals surface area (Å²) < 4.78 is 14.0. The fraction of sp³-hybridized carbons (Fsp3) is 0. The lowest BCUT2D eigenvalue weighted by molar-refractivity contribution is -0.118. The number of carbonyl (C=O) groups is 2. The Morgan fingerprint density at radius 2 is 1.11 bits per heavy atom. The highest BCUT2D eigenvalue weighted by atomic mass is 19.1. The van der Waals surface area contributed by atoms with E-state index in [1.807, 2.05) is 12.1 Å². The van der Waals surface area contributed by atoms with Gasteiger partial charge in [0.15, 0.2) is 0 Å². The third-order valence-electron chi connectivity index (χ3n) is 3.76. The van der Waals surface area contributed by atoms with Gasteiger partial charge >= 0.3 is 0 Å². The van der Waals surface area contributed by atoms with Gasteiger partial charge in [0, 0.05) is 16.9 Å². The van der Waals surface area contributed by atoms with Crippen LogP contribution in [0.25, 0.3) is 6.08 Å². The summed E-state index contributed by atoms with van der Waals surface area (Å²) in [5, 5.41) is 5.32. The number of anilines is 2. The molecule has 0 aromatic heterocycles. The van der Waals surface area contributed by atoms with Crippen molar-refractivity contribution in [1.82, 2.24) is 0 Å². The number of halogens is 1. The number of nitrogens with one attached hydrogen (secondary N) is 2. The van der Waals surface area contributed by atoms with E-state index in [9.17, 15) is 14.0 Å². The normalized spacial score (nSPS) is 9.96. The highest BCUT2D eigenvalue weighted by Gasteiger charge is 2.19. The Balaban J connectivity index is 1.92. The highest BCUT2D eigenvalue weighted by molar-refractivity contribution is 6.28. The van der Waals surface area contributed by atoms with Gasteiger partial charge < -0.3 is 10.6 Å². The zero-order valence-corrected chi connectivity index (χ0v) is 14.4. The third-order valence-corrected chi connectivity index (χ3v) is 3.76. The number of benzene rings is 3. The van der Waals surface area contributed by atoms with E-state index < -0.39 is 17.6 Å². The average molecular weight is 360 g/mol. The molecule has 2 N–H and O–H groups in total. The van der Waals surface area contributed by atoms with Crippen LogP contribution >= 0.6 is 0 Å². The molecule has 0 aliphatic rings. The molecule has 0 atom stereocenters. The monoisotopic (exact) mass is 360 g/mol. The Bertz CT molecular complexity index is 914. The molecule has 0 unspecified atom stereocenters. The van der Waals surface area contributed by atoms with Crippen molar-refractivity contribution in [3.05, 3.63) is 102 Å². The van der Waals surface area contributed by atoms with Gasteiger partial charge in [0.2, 0.25) is 0 Å². The van der Waals surface area contributed by atoms with E-state index in [0.29, 0.717) is 11.4 Å². The van der Waals surface area contributed by atoms with Crippen LogP contribution < -0.4 is 10.6 Å². The van der Waals surface area contributed by atoms with Gasteiger partial charge in [0.25, 0.3) is 11.8 Å². The van der Waals surface area contributed by atoms with Gasteiger partial charge in [-0.3, -0.25) is 9.59 Å². The Morgan fingerprint density at radius 3 is 1.59 bits per heavy atom. The van der Waals surface area contributed by atoms with Crippen molar-refractivity contribution in [2.24, 2.45) is 0 Å². The Kier molecular flexibility index (Phi) is 5.74. The molecule has 27 heavy (non-hydrogen) atoms. The van der Waals surface area contributed by atoms with E-state index in [2.05, 4.69) is 10.6 Å². The zero-order chi connectivity index (χ0) is 19.1. The lowest BCUT2D eigenvalue weighted by Gasteiger charge is -2.10. The van der Waals surface area contributed by atoms with Crippen molar-refractivity contribution in [1.29, 1.82) is 0 Å². The molecule has 4 nitrogen and oxygen atoms in total. The summed E-state index contributed by atoms with van der Waals surface area (Å²) in [7, 11) is 0. The van der Waals surface area contributed by atoms with Crippen molar-refractivity contribution < 1.29 is 14.0 Å². The lowest BCUT2D eigenvalue weighted by Crippen LogP contribution is -2.25. The highest BCUT2D eigenvalue weighted by Crippen LogP contribution is 2.16. The van der Waals surface area contributed by atoms with E-state index in [4.69, 9.17) is 0 Å². The first-order valence-electron chi connectivity index (χ1n) is 8.32. The van der Waals surface area contributed by atoms with Crippen molar-refractivity contribution >= 4 is 29.3 Å². The largest absolute Gasteiger partial charge is 0.322 e. The second-order valence-electron chi connectivity index (χ2n) is 5.72. The molecule has 0 fully saturated rings. The molecule has 0 radical (unpaired) electrons. The van der Waals surface area contributed by atoms with Crippen LogP contribution in [0, 0.1) is 5.82 Å². The van der Waals surface area contributed by atoms with Gasteiger partial charge in [-0.15, -0.1) is 0 Å². The predicted molar refractivity (Wildman–Crippen MR) is 105 cm³/mol. The van der Waals surface area contributed by atoms with Crippen LogP contribution in [-0.2, 0) is 9.59 Å². The van der Waals surface area contributed by atoms with Crippen LogP contribution in [0.4, 0.5) is 15.8 Å². The molecule has 3 aromatic carbocycles. The van der Waals surface area contributed by atoms with E-state index in [-0.39, 0.29) is 11.1 Å².